The van der Waals surface area contributed by atoms with E-state index in [-0.39, 0.29) is 11.3 Å². The van der Waals surface area contributed by atoms with Crippen LogP contribution < -0.4 is 4.74 Å². The molecule has 1 aromatic rings. The average molecular weight is 239 g/mol. The molecule has 0 saturated carbocycles. The summed E-state index contributed by atoms with van der Waals surface area (Å²) in [5.41, 5.74) is -1.15. The van der Waals surface area contributed by atoms with E-state index in [0.29, 0.717) is 5.56 Å². The van der Waals surface area contributed by atoms with Gasteiger partial charge in [-0.2, -0.15) is 0 Å². The highest BCUT2D eigenvalue weighted by molar-refractivity contribution is 5.90. The van der Waals surface area contributed by atoms with Crippen LogP contribution in [0.2, 0.25) is 0 Å². The molecule has 0 aliphatic rings. The lowest BCUT2D eigenvalue weighted by Gasteiger charge is -2.19. The SMILES string of the molecule is Cc1c(OC(C)(C)[N+](=O)[O-])cccc1C(=O)O. The highest BCUT2D eigenvalue weighted by atomic mass is 16.7. The Balaban J connectivity index is 3.13. The Bertz CT molecular complexity index is 467. The monoisotopic (exact) mass is 239 g/mol. The van der Waals surface area contributed by atoms with Gasteiger partial charge in [-0.15, -0.1) is 0 Å². The Hall–Kier alpha value is -2.11. The molecule has 0 unspecified atom stereocenters. The third-order valence-corrected chi connectivity index (χ3v) is 2.31. The van der Waals surface area contributed by atoms with Crippen molar-refractivity contribution in [2.45, 2.75) is 26.5 Å². The van der Waals surface area contributed by atoms with Gasteiger partial charge in [0.15, 0.2) is 0 Å². The fraction of sp³-hybridized carbons (Fsp3) is 0.364. The zero-order valence-electron chi connectivity index (χ0n) is 9.76. The van der Waals surface area contributed by atoms with Crippen LogP contribution in [0.25, 0.3) is 0 Å². The van der Waals surface area contributed by atoms with Crippen molar-refractivity contribution in [1.29, 1.82) is 0 Å². The van der Waals surface area contributed by atoms with Gasteiger partial charge in [0.1, 0.15) is 5.75 Å². The summed E-state index contributed by atoms with van der Waals surface area (Å²) in [5.74, 6) is -0.890. The summed E-state index contributed by atoms with van der Waals surface area (Å²) in [6.07, 6.45) is 0. The van der Waals surface area contributed by atoms with Crippen LogP contribution in [-0.2, 0) is 0 Å². The van der Waals surface area contributed by atoms with E-state index < -0.39 is 16.6 Å². The second kappa shape index (κ2) is 4.40. The van der Waals surface area contributed by atoms with E-state index in [0.717, 1.165) is 0 Å². The second-order valence-electron chi connectivity index (χ2n) is 4.04. The molecule has 0 aliphatic carbocycles. The van der Waals surface area contributed by atoms with Crippen LogP contribution in [0.5, 0.6) is 5.75 Å². The third-order valence-electron chi connectivity index (χ3n) is 2.31. The van der Waals surface area contributed by atoms with Gasteiger partial charge < -0.3 is 9.84 Å². The molecule has 0 aromatic heterocycles. The zero-order chi connectivity index (χ0) is 13.2. The van der Waals surface area contributed by atoms with Crippen LogP contribution in [0.4, 0.5) is 0 Å². The minimum absolute atomic E-state index is 0.0710. The molecule has 1 N–H and O–H groups in total. The molecule has 0 saturated heterocycles. The first kappa shape index (κ1) is 13.0. The largest absolute Gasteiger partial charge is 0.478 e. The second-order valence-corrected chi connectivity index (χ2v) is 4.04. The van der Waals surface area contributed by atoms with Gasteiger partial charge in [-0.3, -0.25) is 10.1 Å². The predicted octanol–water partition coefficient (Wildman–Crippen LogP) is 2.08. The number of aromatic carboxylic acids is 1. The van der Waals surface area contributed by atoms with Gasteiger partial charge in [0, 0.05) is 19.4 Å². The summed E-state index contributed by atoms with van der Waals surface area (Å²) in [6, 6.07) is 4.42. The predicted molar refractivity (Wildman–Crippen MR) is 59.8 cm³/mol. The number of nitrogens with zero attached hydrogens (tertiary/aromatic N) is 1. The molecule has 6 heteroatoms. The smallest absolute Gasteiger partial charge is 0.357 e. The molecule has 6 nitrogen and oxygen atoms in total. The zero-order valence-corrected chi connectivity index (χ0v) is 9.76. The first-order valence-electron chi connectivity index (χ1n) is 4.92. The van der Waals surface area contributed by atoms with E-state index in [1.165, 1.54) is 32.0 Å². The first-order chi connectivity index (χ1) is 7.75. The number of benzene rings is 1. The third kappa shape index (κ3) is 2.72. The highest BCUT2D eigenvalue weighted by Gasteiger charge is 2.33. The summed E-state index contributed by atoms with van der Waals surface area (Å²) in [4.78, 5) is 21.0. The maximum atomic E-state index is 10.9. The van der Waals surface area contributed by atoms with E-state index in [2.05, 4.69) is 0 Å². The number of carboxylic acids is 1. The van der Waals surface area contributed by atoms with E-state index in [1.54, 1.807) is 6.92 Å². The van der Waals surface area contributed by atoms with E-state index in [9.17, 15) is 14.9 Å². The van der Waals surface area contributed by atoms with Crippen molar-refractivity contribution < 1.29 is 19.6 Å². The van der Waals surface area contributed by atoms with Crippen molar-refractivity contribution in [3.8, 4) is 5.75 Å². The van der Waals surface area contributed by atoms with Gasteiger partial charge in [0.2, 0.25) is 0 Å². The summed E-state index contributed by atoms with van der Waals surface area (Å²) in [7, 11) is 0. The number of rotatable bonds is 4. The van der Waals surface area contributed by atoms with Crippen LogP contribution in [0, 0.1) is 17.0 Å². The minimum atomic E-state index is -1.60. The molecule has 0 fully saturated rings. The lowest BCUT2D eigenvalue weighted by Crippen LogP contribution is -2.37. The first-order valence-corrected chi connectivity index (χ1v) is 4.92. The van der Waals surface area contributed by atoms with Gasteiger partial charge in [-0.25, -0.2) is 4.79 Å². The van der Waals surface area contributed by atoms with Crippen LogP contribution in [0.3, 0.4) is 0 Å². The number of hydrogen-bond acceptors (Lipinski definition) is 4. The van der Waals surface area contributed by atoms with E-state index in [1.807, 2.05) is 0 Å². The van der Waals surface area contributed by atoms with Crippen LogP contribution >= 0.6 is 0 Å². The Morgan fingerprint density at radius 1 is 1.47 bits per heavy atom. The molecule has 0 spiro atoms. The lowest BCUT2D eigenvalue weighted by atomic mass is 10.1. The highest BCUT2D eigenvalue weighted by Crippen LogP contribution is 2.25. The van der Waals surface area contributed by atoms with Crippen molar-refractivity contribution in [1.82, 2.24) is 0 Å². The molecule has 0 amide bonds. The van der Waals surface area contributed by atoms with Crippen molar-refractivity contribution in [3.63, 3.8) is 0 Å². The van der Waals surface area contributed by atoms with Crippen LogP contribution in [0.15, 0.2) is 18.2 Å². The number of carbonyl (C=O) groups is 1. The van der Waals surface area contributed by atoms with Gasteiger partial charge >= 0.3 is 11.7 Å². The molecule has 0 bridgehead atoms. The molecular weight excluding hydrogens is 226 g/mol. The Morgan fingerprint density at radius 3 is 2.53 bits per heavy atom. The van der Waals surface area contributed by atoms with Crippen molar-refractivity contribution in [3.05, 3.63) is 39.4 Å². The Kier molecular flexibility index (Phi) is 3.36. The summed E-state index contributed by atoms with van der Waals surface area (Å²) >= 11 is 0. The molecule has 0 radical (unpaired) electrons. The van der Waals surface area contributed by atoms with Gasteiger partial charge in [-0.05, 0) is 19.1 Å². The molecule has 17 heavy (non-hydrogen) atoms. The molecule has 0 atom stereocenters. The standard InChI is InChI=1S/C11H13NO5/c1-7-8(10(13)14)5-4-6-9(7)17-11(2,3)12(15)16/h4-6H,1-3H3,(H,13,14). The molecule has 1 aromatic carbocycles. The Morgan fingerprint density at radius 2 is 2.06 bits per heavy atom. The summed E-state index contributed by atoms with van der Waals surface area (Å²) in [6.45, 7) is 4.16. The average Bonchev–Trinajstić information content (AvgIpc) is 2.20. The molecule has 0 heterocycles. The number of ether oxygens (including phenoxy) is 1. The van der Waals surface area contributed by atoms with Gasteiger partial charge in [-0.1, -0.05) is 6.07 Å². The molecule has 92 valence electrons. The van der Waals surface area contributed by atoms with Crippen molar-refractivity contribution in [2.75, 3.05) is 0 Å². The molecular formula is C11H13NO5. The normalized spacial score (nSPS) is 11.0. The maximum Gasteiger partial charge on any atom is 0.357 e. The van der Waals surface area contributed by atoms with E-state index >= 15 is 0 Å². The quantitative estimate of drug-likeness (QED) is 0.493. The summed E-state index contributed by atoms with van der Waals surface area (Å²) in [5, 5.41) is 19.6. The van der Waals surface area contributed by atoms with E-state index in [4.69, 9.17) is 9.84 Å². The van der Waals surface area contributed by atoms with Gasteiger partial charge in [0.25, 0.3) is 0 Å². The number of carboxylic acid groups (broad SMARTS) is 1. The summed E-state index contributed by atoms with van der Waals surface area (Å²) < 4.78 is 5.22. The van der Waals surface area contributed by atoms with Crippen molar-refractivity contribution in [2.24, 2.45) is 0 Å². The Labute approximate surface area is 98.0 Å². The fourth-order valence-electron chi connectivity index (χ4n) is 1.26. The van der Waals surface area contributed by atoms with Gasteiger partial charge in [0.05, 0.1) is 10.5 Å². The number of hydrogen-bond donors (Lipinski definition) is 1. The lowest BCUT2D eigenvalue weighted by molar-refractivity contribution is -0.605. The van der Waals surface area contributed by atoms with Crippen LogP contribution in [0.1, 0.15) is 29.8 Å². The van der Waals surface area contributed by atoms with Crippen molar-refractivity contribution >= 4 is 5.97 Å². The maximum absolute atomic E-state index is 10.9. The minimum Gasteiger partial charge on any atom is -0.478 e. The molecule has 0 aliphatic heterocycles. The molecule has 1 rings (SSSR count). The topological polar surface area (TPSA) is 89.7 Å². The fourth-order valence-corrected chi connectivity index (χ4v) is 1.26. The van der Waals surface area contributed by atoms with Crippen LogP contribution in [-0.4, -0.2) is 21.7 Å². The number of nitro groups is 1.